The second kappa shape index (κ2) is 4.60. The number of unbranched alkanes of at least 4 members (excludes halogenated alkanes) is 1. The Morgan fingerprint density at radius 3 is 2.75 bits per heavy atom. The molecule has 0 saturated heterocycles. The van der Waals surface area contributed by atoms with Crippen LogP contribution in [0.25, 0.3) is 6.08 Å². The summed E-state index contributed by atoms with van der Waals surface area (Å²) in [5.74, 6) is 0.102. The second-order valence-electron chi connectivity index (χ2n) is 2.73. The minimum Gasteiger partial charge on any atom is -0.289 e. The van der Waals surface area contributed by atoms with E-state index in [1.807, 2.05) is 24.3 Å². The summed E-state index contributed by atoms with van der Waals surface area (Å²) in [4.78, 5) is 0. The van der Waals surface area contributed by atoms with E-state index in [1.54, 1.807) is 12.1 Å². The summed E-state index contributed by atoms with van der Waals surface area (Å²) in [6.07, 6.45) is 6.09. The molecule has 0 bridgehead atoms. The smallest absolute Gasteiger partial charge is 0.185 e. The van der Waals surface area contributed by atoms with Crippen molar-refractivity contribution in [2.75, 3.05) is 0 Å². The molecule has 0 aliphatic carbocycles. The van der Waals surface area contributed by atoms with Crippen LogP contribution in [0.5, 0.6) is 5.75 Å². The van der Waals surface area contributed by atoms with Crippen LogP contribution in [0.1, 0.15) is 25.3 Å². The lowest BCUT2D eigenvalue weighted by Gasteiger charge is -1.93. The van der Waals surface area contributed by atoms with Crippen LogP contribution in [0, 0.1) is 0 Å². The van der Waals surface area contributed by atoms with Crippen molar-refractivity contribution in [2.24, 2.45) is 0 Å². The van der Waals surface area contributed by atoms with Gasteiger partial charge in [0.1, 0.15) is 0 Å². The van der Waals surface area contributed by atoms with Crippen LogP contribution in [0.2, 0.25) is 0 Å². The van der Waals surface area contributed by atoms with E-state index in [9.17, 15) is 5.11 Å². The Kier molecular flexibility index (Phi) is 3.39. The van der Waals surface area contributed by atoms with Crippen molar-refractivity contribution in [3.8, 4) is 5.75 Å². The van der Waals surface area contributed by atoms with E-state index in [4.69, 9.17) is 0 Å². The lowest BCUT2D eigenvalue weighted by atomic mass is 10.1. The Bertz CT molecular complexity index is 263. The van der Waals surface area contributed by atoms with Crippen LogP contribution in [-0.4, -0.2) is 0 Å². The molecule has 0 spiro atoms. The van der Waals surface area contributed by atoms with E-state index in [1.165, 1.54) is 0 Å². The fourth-order valence-electron chi connectivity index (χ4n) is 0.995. The molecule has 0 heterocycles. The molecule has 0 fully saturated rings. The molecule has 0 unspecified atom stereocenters. The van der Waals surface area contributed by atoms with Crippen LogP contribution in [0.4, 0.5) is 0 Å². The summed E-state index contributed by atoms with van der Waals surface area (Å²) in [7, 11) is 0. The highest BCUT2D eigenvalue weighted by molar-refractivity contribution is 5.56. The fraction of sp³-hybridized carbons (Fsp3) is 0.273. The molecule has 0 saturated carbocycles. The second-order valence-corrected chi connectivity index (χ2v) is 2.73. The zero-order valence-electron chi connectivity index (χ0n) is 7.29. The molecule has 0 atom stereocenters. The fourth-order valence-corrected chi connectivity index (χ4v) is 0.995. The highest BCUT2D eigenvalue weighted by atomic mass is 16.3. The molecule has 1 rings (SSSR count). The zero-order chi connectivity index (χ0) is 8.81. The van der Waals surface area contributed by atoms with Gasteiger partial charge in [0.2, 0.25) is 0 Å². The van der Waals surface area contributed by atoms with E-state index >= 15 is 0 Å². The maximum absolute atomic E-state index is 11.2. The van der Waals surface area contributed by atoms with Crippen LogP contribution in [-0.2, 0) is 5.11 Å². The first-order valence-electron chi connectivity index (χ1n) is 4.27. The van der Waals surface area contributed by atoms with Gasteiger partial charge in [-0.25, -0.2) is 0 Å². The molecule has 0 aromatic heterocycles. The van der Waals surface area contributed by atoms with Crippen molar-refractivity contribution in [1.82, 2.24) is 0 Å². The van der Waals surface area contributed by atoms with Gasteiger partial charge in [-0.3, -0.25) is 5.11 Å². The lowest BCUT2D eigenvalue weighted by Crippen LogP contribution is -1.71. The van der Waals surface area contributed by atoms with Gasteiger partial charge in [0, 0.05) is 5.56 Å². The third-order valence-electron chi connectivity index (χ3n) is 1.67. The predicted molar refractivity (Wildman–Crippen MR) is 50.5 cm³/mol. The molecule has 1 nitrogen and oxygen atoms in total. The van der Waals surface area contributed by atoms with Gasteiger partial charge in [-0.15, -0.1) is 0 Å². The molecular weight excluding hydrogens is 148 g/mol. The van der Waals surface area contributed by atoms with Gasteiger partial charge < -0.3 is 0 Å². The van der Waals surface area contributed by atoms with Crippen LogP contribution in [0.3, 0.4) is 0 Å². The Hall–Kier alpha value is -1.24. The first kappa shape index (κ1) is 8.85. The molecule has 1 heteroatoms. The molecule has 63 valence electrons. The van der Waals surface area contributed by atoms with Gasteiger partial charge in [-0.2, -0.15) is 0 Å². The lowest BCUT2D eigenvalue weighted by molar-refractivity contribution is 0.354. The van der Waals surface area contributed by atoms with E-state index in [0.29, 0.717) is 0 Å². The number of allylic oxidation sites excluding steroid dienone is 1. The van der Waals surface area contributed by atoms with E-state index in [0.717, 1.165) is 18.4 Å². The maximum Gasteiger partial charge on any atom is 0.185 e. The van der Waals surface area contributed by atoms with Crippen molar-refractivity contribution >= 4 is 6.08 Å². The summed E-state index contributed by atoms with van der Waals surface area (Å²) in [5, 5.41) is 11.2. The molecule has 1 aromatic rings. The normalized spacial score (nSPS) is 10.8. The van der Waals surface area contributed by atoms with Crippen LogP contribution < -0.4 is 0 Å². The number of rotatable bonds is 3. The minimum atomic E-state index is 0.102. The third-order valence-corrected chi connectivity index (χ3v) is 1.67. The topological polar surface area (TPSA) is 19.9 Å². The van der Waals surface area contributed by atoms with Crippen molar-refractivity contribution in [3.63, 3.8) is 0 Å². The molecule has 0 amide bonds. The standard InChI is InChI=1S/C11H13O/c1-2-3-4-7-10-8-5-6-9-11(10)12/h4-9H,2-3H2,1H3. The average molecular weight is 161 g/mol. The summed E-state index contributed by atoms with van der Waals surface area (Å²) < 4.78 is 0. The summed E-state index contributed by atoms with van der Waals surface area (Å²) in [6.45, 7) is 2.12. The van der Waals surface area contributed by atoms with E-state index in [-0.39, 0.29) is 5.75 Å². The molecule has 1 radical (unpaired) electrons. The van der Waals surface area contributed by atoms with Crippen molar-refractivity contribution in [2.45, 2.75) is 19.8 Å². The average Bonchev–Trinajstić information content (AvgIpc) is 2.09. The van der Waals surface area contributed by atoms with Crippen LogP contribution in [0.15, 0.2) is 30.3 Å². The number of hydrogen-bond acceptors (Lipinski definition) is 0. The van der Waals surface area contributed by atoms with Gasteiger partial charge in [0.15, 0.2) is 5.75 Å². The Morgan fingerprint density at radius 1 is 1.33 bits per heavy atom. The Labute approximate surface area is 73.4 Å². The molecular formula is C11H13O. The molecule has 12 heavy (non-hydrogen) atoms. The number of hydrogen-bond donors (Lipinski definition) is 0. The van der Waals surface area contributed by atoms with Gasteiger partial charge >= 0.3 is 0 Å². The van der Waals surface area contributed by atoms with Crippen molar-refractivity contribution in [3.05, 3.63) is 35.9 Å². The Balaban J connectivity index is 2.68. The molecule has 0 N–H and O–H groups in total. The predicted octanol–water partition coefficient (Wildman–Crippen LogP) is 3.64. The first-order valence-corrected chi connectivity index (χ1v) is 4.27. The van der Waals surface area contributed by atoms with Gasteiger partial charge in [0.05, 0.1) is 0 Å². The number of benzene rings is 1. The van der Waals surface area contributed by atoms with E-state index in [2.05, 4.69) is 6.92 Å². The van der Waals surface area contributed by atoms with Gasteiger partial charge in [-0.05, 0) is 12.5 Å². The minimum absolute atomic E-state index is 0.102. The van der Waals surface area contributed by atoms with Crippen molar-refractivity contribution < 1.29 is 5.11 Å². The largest absolute Gasteiger partial charge is 0.289 e. The van der Waals surface area contributed by atoms with E-state index < -0.39 is 0 Å². The van der Waals surface area contributed by atoms with Crippen molar-refractivity contribution in [1.29, 1.82) is 0 Å². The third kappa shape index (κ3) is 2.42. The highest BCUT2D eigenvalue weighted by Crippen LogP contribution is 2.17. The summed E-state index contributed by atoms with van der Waals surface area (Å²) >= 11 is 0. The quantitative estimate of drug-likeness (QED) is 0.645. The van der Waals surface area contributed by atoms with Gasteiger partial charge in [0.25, 0.3) is 0 Å². The summed E-state index contributed by atoms with van der Waals surface area (Å²) in [6, 6.07) is 7.08. The SMILES string of the molecule is CCCC=Cc1ccccc1[O]. The molecule has 1 aromatic carbocycles. The highest BCUT2D eigenvalue weighted by Gasteiger charge is 1.94. The number of para-hydroxylation sites is 1. The zero-order valence-corrected chi connectivity index (χ0v) is 7.29. The maximum atomic E-state index is 11.2. The summed E-state index contributed by atoms with van der Waals surface area (Å²) in [5.41, 5.74) is 0.783. The molecule has 0 aliphatic rings. The molecule has 0 aliphatic heterocycles. The Morgan fingerprint density at radius 2 is 2.08 bits per heavy atom. The van der Waals surface area contributed by atoms with Crippen LogP contribution >= 0.6 is 0 Å². The van der Waals surface area contributed by atoms with Gasteiger partial charge in [-0.1, -0.05) is 43.7 Å². The first-order chi connectivity index (χ1) is 5.84. The monoisotopic (exact) mass is 161 g/mol.